The molecule has 0 aromatic heterocycles. The average molecular weight is 482 g/mol. The van der Waals surface area contributed by atoms with Gasteiger partial charge in [0.2, 0.25) is 5.91 Å². The van der Waals surface area contributed by atoms with Crippen LogP contribution < -0.4 is 14.8 Å². The number of carbonyl (C=O) groups is 2. The van der Waals surface area contributed by atoms with Crippen LogP contribution in [0.3, 0.4) is 0 Å². The van der Waals surface area contributed by atoms with Crippen LogP contribution in [-0.4, -0.2) is 60.7 Å². The Balaban J connectivity index is 1.77. The van der Waals surface area contributed by atoms with Crippen molar-refractivity contribution in [1.82, 2.24) is 4.90 Å². The predicted octanol–water partition coefficient (Wildman–Crippen LogP) is 2.47. The van der Waals surface area contributed by atoms with E-state index in [1.807, 2.05) is 19.9 Å². The molecule has 0 radical (unpaired) electrons. The number of rotatable bonds is 6. The van der Waals surface area contributed by atoms with Crippen molar-refractivity contribution in [3.63, 3.8) is 0 Å². The van der Waals surface area contributed by atoms with Crippen LogP contribution in [0.1, 0.15) is 36.6 Å². The van der Waals surface area contributed by atoms with Crippen LogP contribution in [0.4, 0.5) is 5.69 Å². The van der Waals surface area contributed by atoms with Crippen LogP contribution in [-0.2, 0) is 26.2 Å². The highest BCUT2D eigenvalue weighted by Crippen LogP contribution is 2.58. The minimum absolute atomic E-state index is 0.346. The number of hydrogen-bond acceptors (Lipinski definition) is 8. The van der Waals surface area contributed by atoms with E-state index >= 15 is 0 Å². The first kappa shape index (κ1) is 23.1. The zero-order valence-electron chi connectivity index (χ0n) is 19.8. The molecule has 4 atom stereocenters. The lowest BCUT2D eigenvalue weighted by Gasteiger charge is -2.35. The van der Waals surface area contributed by atoms with Crippen LogP contribution in [0.25, 0.3) is 0 Å². The van der Waals surface area contributed by atoms with Gasteiger partial charge in [-0.15, -0.1) is 0 Å². The van der Waals surface area contributed by atoms with Crippen molar-refractivity contribution in [1.29, 1.82) is 0 Å². The van der Waals surface area contributed by atoms with Gasteiger partial charge in [-0.1, -0.05) is 18.2 Å². The van der Waals surface area contributed by atoms with E-state index in [1.165, 1.54) is 7.11 Å². The molecule has 3 aliphatic heterocycles. The summed E-state index contributed by atoms with van der Waals surface area (Å²) < 4.78 is 16.7. The topological polar surface area (TPSA) is 120 Å². The molecule has 1 saturated heterocycles. The molecule has 35 heavy (non-hydrogen) atoms. The second-order valence-electron chi connectivity index (χ2n) is 8.82. The standard InChI is InChI=1S/C25H27N3O7/c1-4-34-18-12-14-10-11-27-20(15(14)13-19(18)35-5-2)21(28(31)32)25(22(27)23(29)33-3)16-8-6-7-9-17(16)26-24(25)30/h6-9,12-13,20-22H,4-5,10-11H2,1-3H3,(H,26,30)/t20-,21-,22+,25-/m1/s1. The molecule has 0 bridgehead atoms. The summed E-state index contributed by atoms with van der Waals surface area (Å²) in [6, 6.07) is 7.04. The number of nitrogens with one attached hydrogen (secondary N) is 1. The highest BCUT2D eigenvalue weighted by Gasteiger charge is 2.75. The summed E-state index contributed by atoms with van der Waals surface area (Å²) in [6.45, 7) is 4.89. The van der Waals surface area contributed by atoms with Crippen molar-refractivity contribution in [3.8, 4) is 11.5 Å². The first-order valence-corrected chi connectivity index (χ1v) is 11.7. The van der Waals surface area contributed by atoms with Crippen LogP contribution in [0, 0.1) is 10.1 Å². The van der Waals surface area contributed by atoms with E-state index < -0.39 is 40.3 Å². The molecule has 3 heterocycles. The number of para-hydroxylation sites is 1. The van der Waals surface area contributed by atoms with E-state index in [1.54, 1.807) is 35.2 Å². The van der Waals surface area contributed by atoms with Gasteiger partial charge in [-0.2, -0.15) is 0 Å². The molecular weight excluding hydrogens is 454 g/mol. The minimum atomic E-state index is -1.75. The number of hydrogen-bond donors (Lipinski definition) is 1. The average Bonchev–Trinajstić information content (AvgIpc) is 3.32. The van der Waals surface area contributed by atoms with E-state index in [2.05, 4.69) is 5.32 Å². The molecule has 1 N–H and O–H groups in total. The Morgan fingerprint density at radius 2 is 1.89 bits per heavy atom. The lowest BCUT2D eigenvalue weighted by Crippen LogP contribution is -2.57. The Labute approximate surface area is 202 Å². The molecule has 1 amide bonds. The van der Waals surface area contributed by atoms with Crippen molar-refractivity contribution in [2.75, 3.05) is 32.2 Å². The summed E-state index contributed by atoms with van der Waals surface area (Å²) in [6.07, 6.45) is 0.523. The summed E-state index contributed by atoms with van der Waals surface area (Å²) in [7, 11) is 1.24. The maximum absolute atomic E-state index is 13.7. The molecule has 5 rings (SSSR count). The maximum atomic E-state index is 13.7. The molecule has 10 heteroatoms. The fourth-order valence-corrected chi connectivity index (χ4v) is 6.11. The Bertz CT molecular complexity index is 1220. The fraction of sp³-hybridized carbons (Fsp3) is 0.440. The van der Waals surface area contributed by atoms with Gasteiger partial charge < -0.3 is 19.5 Å². The summed E-state index contributed by atoms with van der Waals surface area (Å²) in [4.78, 5) is 41.1. The fourth-order valence-electron chi connectivity index (χ4n) is 6.11. The smallest absolute Gasteiger partial charge is 0.324 e. The molecule has 0 saturated carbocycles. The molecule has 0 unspecified atom stereocenters. The van der Waals surface area contributed by atoms with Gasteiger partial charge in [0.05, 0.1) is 20.3 Å². The number of ether oxygens (including phenoxy) is 3. The van der Waals surface area contributed by atoms with Crippen LogP contribution >= 0.6 is 0 Å². The highest BCUT2D eigenvalue weighted by atomic mass is 16.6. The zero-order valence-corrected chi connectivity index (χ0v) is 19.8. The Morgan fingerprint density at radius 1 is 1.20 bits per heavy atom. The zero-order chi connectivity index (χ0) is 24.9. The monoisotopic (exact) mass is 481 g/mol. The van der Waals surface area contributed by atoms with Crippen LogP contribution in [0.15, 0.2) is 36.4 Å². The van der Waals surface area contributed by atoms with Gasteiger partial charge in [-0.05, 0) is 49.6 Å². The lowest BCUT2D eigenvalue weighted by molar-refractivity contribution is -0.533. The van der Waals surface area contributed by atoms with Gasteiger partial charge in [0.15, 0.2) is 16.9 Å². The second-order valence-corrected chi connectivity index (χ2v) is 8.82. The van der Waals surface area contributed by atoms with Gasteiger partial charge in [0.25, 0.3) is 6.04 Å². The van der Waals surface area contributed by atoms with E-state index in [0.29, 0.717) is 54.5 Å². The molecule has 184 valence electrons. The quantitative estimate of drug-likeness (QED) is 0.380. The molecule has 10 nitrogen and oxygen atoms in total. The summed E-state index contributed by atoms with van der Waals surface area (Å²) >= 11 is 0. The minimum Gasteiger partial charge on any atom is -0.490 e. The number of methoxy groups -OCH3 is 1. The van der Waals surface area contributed by atoms with Crippen molar-refractivity contribution in [2.45, 2.75) is 43.8 Å². The number of amides is 1. The number of nitro groups is 1. The first-order chi connectivity index (χ1) is 16.9. The second kappa shape index (κ2) is 8.53. The number of carbonyl (C=O) groups excluding carboxylic acids is 2. The van der Waals surface area contributed by atoms with Crippen LogP contribution in [0.2, 0.25) is 0 Å². The summed E-state index contributed by atoms with van der Waals surface area (Å²) in [5, 5.41) is 15.6. The summed E-state index contributed by atoms with van der Waals surface area (Å²) in [5.74, 6) is -0.197. The third kappa shape index (κ3) is 3.12. The molecule has 0 aliphatic carbocycles. The third-order valence-corrected chi connectivity index (χ3v) is 7.30. The van der Waals surface area contributed by atoms with Crippen molar-refractivity contribution < 1.29 is 28.7 Å². The van der Waals surface area contributed by atoms with E-state index in [4.69, 9.17) is 14.2 Å². The van der Waals surface area contributed by atoms with E-state index in [-0.39, 0.29) is 0 Å². The molecule has 3 aliphatic rings. The van der Waals surface area contributed by atoms with E-state index in [0.717, 1.165) is 5.56 Å². The molecule has 1 fully saturated rings. The number of fused-ring (bicyclic) bond motifs is 5. The number of benzene rings is 2. The van der Waals surface area contributed by atoms with E-state index in [9.17, 15) is 19.7 Å². The largest absolute Gasteiger partial charge is 0.490 e. The first-order valence-electron chi connectivity index (χ1n) is 11.7. The Morgan fingerprint density at radius 3 is 2.54 bits per heavy atom. The van der Waals surface area contributed by atoms with Crippen molar-refractivity contribution in [2.24, 2.45) is 0 Å². The highest BCUT2D eigenvalue weighted by molar-refractivity contribution is 6.10. The summed E-state index contributed by atoms with van der Waals surface area (Å²) in [5.41, 5.74) is 0.698. The molecule has 2 aromatic rings. The Kier molecular flexibility index (Phi) is 5.63. The van der Waals surface area contributed by atoms with Gasteiger partial charge in [-0.25, -0.2) is 0 Å². The number of nitrogens with zero attached hydrogens (tertiary/aromatic N) is 2. The number of esters is 1. The number of anilines is 1. The van der Waals surface area contributed by atoms with Gasteiger partial charge >= 0.3 is 5.97 Å². The van der Waals surface area contributed by atoms with Crippen molar-refractivity contribution >= 4 is 17.6 Å². The molecule has 1 spiro atoms. The molecule has 2 aromatic carbocycles. The maximum Gasteiger partial charge on any atom is 0.324 e. The van der Waals surface area contributed by atoms with Gasteiger partial charge in [-0.3, -0.25) is 24.6 Å². The Hall–Kier alpha value is -3.66. The van der Waals surface area contributed by atoms with Crippen LogP contribution in [0.5, 0.6) is 11.5 Å². The SMILES string of the molecule is CCOc1cc2c(cc1OCC)[C@@H]1[C@@H]([N+](=O)[O-])[C@@]3(C(=O)Nc4ccccc43)[C@H](C(=O)OC)N1CC2. The normalized spacial score (nSPS) is 26.5. The van der Waals surface area contributed by atoms with Gasteiger partial charge in [0, 0.05) is 22.7 Å². The van der Waals surface area contributed by atoms with Gasteiger partial charge in [0.1, 0.15) is 12.1 Å². The molecular formula is C25H27N3O7. The lowest BCUT2D eigenvalue weighted by atomic mass is 9.70. The third-order valence-electron chi connectivity index (χ3n) is 7.30. The predicted molar refractivity (Wildman–Crippen MR) is 125 cm³/mol. The van der Waals surface area contributed by atoms with Crippen molar-refractivity contribution in [3.05, 3.63) is 63.2 Å².